The van der Waals surface area contributed by atoms with E-state index in [0.29, 0.717) is 12.0 Å². The summed E-state index contributed by atoms with van der Waals surface area (Å²) in [4.78, 5) is 34.5. The van der Waals surface area contributed by atoms with Gasteiger partial charge in [0.1, 0.15) is 6.04 Å². The Balaban J connectivity index is 2.63. The maximum atomic E-state index is 11.9. The van der Waals surface area contributed by atoms with Gasteiger partial charge in [-0.15, -0.1) is 0 Å². The van der Waals surface area contributed by atoms with E-state index in [4.69, 9.17) is 0 Å². The first-order valence-corrected chi connectivity index (χ1v) is 6.18. The lowest BCUT2D eigenvalue weighted by atomic mass is 10.1. The topological polar surface area (TPSA) is 75.3 Å². The van der Waals surface area contributed by atoms with Gasteiger partial charge < -0.3 is 5.32 Å². The Morgan fingerprint density at radius 3 is 2.63 bits per heavy atom. The predicted molar refractivity (Wildman–Crippen MR) is 72.0 cm³/mol. The molecular formula is C14H18N2O3. The van der Waals surface area contributed by atoms with Gasteiger partial charge in [-0.2, -0.15) is 0 Å². The van der Waals surface area contributed by atoms with E-state index >= 15 is 0 Å². The van der Waals surface area contributed by atoms with Crippen LogP contribution in [0.3, 0.4) is 0 Å². The maximum absolute atomic E-state index is 11.9. The minimum absolute atomic E-state index is 0.246. The molecule has 1 rings (SSSR count). The van der Waals surface area contributed by atoms with Gasteiger partial charge in [0, 0.05) is 12.0 Å². The fourth-order valence-electron chi connectivity index (χ4n) is 1.65. The van der Waals surface area contributed by atoms with Crippen molar-refractivity contribution < 1.29 is 14.4 Å². The number of amides is 3. The molecule has 5 heteroatoms. The molecule has 3 amide bonds. The highest BCUT2D eigenvalue weighted by molar-refractivity contribution is 6.04. The molecule has 19 heavy (non-hydrogen) atoms. The van der Waals surface area contributed by atoms with Gasteiger partial charge in [-0.1, -0.05) is 24.3 Å². The van der Waals surface area contributed by atoms with E-state index in [1.54, 1.807) is 25.2 Å². The van der Waals surface area contributed by atoms with Gasteiger partial charge in [0.15, 0.2) is 0 Å². The van der Waals surface area contributed by atoms with Crippen LogP contribution in [-0.4, -0.2) is 23.8 Å². The summed E-state index contributed by atoms with van der Waals surface area (Å²) < 4.78 is 0. The molecule has 0 aromatic heterocycles. The number of nitrogens with one attached hydrogen (secondary N) is 2. The summed E-state index contributed by atoms with van der Waals surface area (Å²) in [6, 6.07) is -0.643. The van der Waals surface area contributed by atoms with Crippen LogP contribution in [0.15, 0.2) is 36.0 Å². The molecule has 1 atom stereocenters. The van der Waals surface area contributed by atoms with Gasteiger partial charge in [0.05, 0.1) is 0 Å². The first kappa shape index (κ1) is 14.9. The Labute approximate surface area is 112 Å². The van der Waals surface area contributed by atoms with Crippen LogP contribution in [-0.2, 0) is 14.4 Å². The monoisotopic (exact) mass is 262 g/mol. The highest BCUT2D eigenvalue weighted by Crippen LogP contribution is 2.06. The summed E-state index contributed by atoms with van der Waals surface area (Å²) in [6.07, 6.45) is 9.33. The lowest BCUT2D eigenvalue weighted by molar-refractivity contribution is -0.136. The molecule has 0 aliphatic carbocycles. The molecule has 1 fully saturated rings. The summed E-state index contributed by atoms with van der Waals surface area (Å²) in [6.45, 7) is 3.63. The third kappa shape index (κ3) is 4.54. The van der Waals surface area contributed by atoms with Crippen molar-refractivity contribution in [2.75, 3.05) is 0 Å². The van der Waals surface area contributed by atoms with Gasteiger partial charge in [-0.25, -0.2) is 0 Å². The van der Waals surface area contributed by atoms with Crippen molar-refractivity contribution in [1.82, 2.24) is 10.6 Å². The van der Waals surface area contributed by atoms with E-state index in [0.717, 1.165) is 0 Å². The van der Waals surface area contributed by atoms with Crippen molar-refractivity contribution in [2.24, 2.45) is 0 Å². The van der Waals surface area contributed by atoms with E-state index in [2.05, 4.69) is 10.6 Å². The normalized spacial score (nSPS) is 20.9. The molecule has 0 bridgehead atoms. The van der Waals surface area contributed by atoms with E-state index in [1.807, 2.05) is 19.1 Å². The molecule has 1 aliphatic heterocycles. The summed E-state index contributed by atoms with van der Waals surface area (Å²) >= 11 is 0. The van der Waals surface area contributed by atoms with Crippen LogP contribution >= 0.6 is 0 Å². The van der Waals surface area contributed by atoms with Crippen molar-refractivity contribution >= 4 is 17.7 Å². The van der Waals surface area contributed by atoms with Crippen LogP contribution in [0.25, 0.3) is 0 Å². The Morgan fingerprint density at radius 1 is 1.32 bits per heavy atom. The van der Waals surface area contributed by atoms with Gasteiger partial charge >= 0.3 is 0 Å². The fraction of sp³-hybridized carbons (Fsp3) is 0.357. The second-order valence-corrected chi connectivity index (χ2v) is 4.11. The zero-order chi connectivity index (χ0) is 14.3. The number of allylic oxidation sites excluding steroid dienone is 4. The van der Waals surface area contributed by atoms with Crippen molar-refractivity contribution in [1.29, 1.82) is 0 Å². The van der Waals surface area contributed by atoms with Crippen molar-refractivity contribution in [3.8, 4) is 0 Å². The average Bonchev–Trinajstić information content (AvgIpc) is 2.38. The summed E-state index contributed by atoms with van der Waals surface area (Å²) in [5.74, 6) is -1.06. The SMILES string of the molecule is C\C=C/C=C\C(=C/C)C(=O)NC1CCC(=O)NC1=O. The highest BCUT2D eigenvalue weighted by Gasteiger charge is 2.27. The van der Waals surface area contributed by atoms with Gasteiger partial charge in [-0.05, 0) is 26.3 Å². The first-order chi connectivity index (χ1) is 9.08. The molecule has 0 aromatic carbocycles. The molecule has 102 valence electrons. The lowest BCUT2D eigenvalue weighted by Gasteiger charge is -2.21. The number of hydrogen-bond donors (Lipinski definition) is 2. The fourth-order valence-corrected chi connectivity index (χ4v) is 1.65. The molecule has 1 unspecified atom stereocenters. The molecule has 2 N–H and O–H groups in total. The van der Waals surface area contributed by atoms with E-state index in [1.165, 1.54) is 0 Å². The van der Waals surface area contributed by atoms with Crippen molar-refractivity contribution in [2.45, 2.75) is 32.7 Å². The van der Waals surface area contributed by atoms with Gasteiger partial charge in [0.25, 0.3) is 5.91 Å². The second kappa shape index (κ2) is 7.31. The lowest BCUT2D eigenvalue weighted by Crippen LogP contribution is -2.52. The molecule has 1 heterocycles. The Kier molecular flexibility index (Phi) is 5.73. The van der Waals surface area contributed by atoms with Crippen LogP contribution < -0.4 is 10.6 Å². The largest absolute Gasteiger partial charge is 0.340 e. The Bertz CT molecular complexity index is 461. The number of carbonyl (C=O) groups excluding carboxylic acids is 3. The van der Waals surface area contributed by atoms with E-state index in [9.17, 15) is 14.4 Å². The van der Waals surface area contributed by atoms with E-state index in [-0.39, 0.29) is 18.2 Å². The number of rotatable bonds is 4. The minimum atomic E-state index is -0.643. The molecule has 1 saturated heterocycles. The molecule has 5 nitrogen and oxygen atoms in total. The van der Waals surface area contributed by atoms with Crippen molar-refractivity contribution in [3.05, 3.63) is 36.0 Å². The summed E-state index contributed by atoms with van der Waals surface area (Å²) in [5, 5.41) is 4.82. The zero-order valence-electron chi connectivity index (χ0n) is 11.1. The predicted octanol–water partition coefficient (Wildman–Crippen LogP) is 0.986. The van der Waals surface area contributed by atoms with E-state index < -0.39 is 11.9 Å². The molecule has 0 radical (unpaired) electrons. The molecule has 0 aromatic rings. The number of piperidine rings is 1. The third-order valence-electron chi connectivity index (χ3n) is 2.70. The summed E-state index contributed by atoms with van der Waals surface area (Å²) in [5.41, 5.74) is 0.475. The average molecular weight is 262 g/mol. The quantitative estimate of drug-likeness (QED) is 0.450. The van der Waals surface area contributed by atoms with Crippen LogP contribution in [0.1, 0.15) is 26.7 Å². The molecule has 0 spiro atoms. The van der Waals surface area contributed by atoms with Crippen molar-refractivity contribution in [3.63, 3.8) is 0 Å². The second-order valence-electron chi connectivity index (χ2n) is 4.11. The van der Waals surface area contributed by atoms with Crippen LogP contribution in [0.2, 0.25) is 0 Å². The summed E-state index contributed by atoms with van der Waals surface area (Å²) in [7, 11) is 0. The Hall–Kier alpha value is -2.17. The van der Waals surface area contributed by atoms with Gasteiger partial charge in [0.2, 0.25) is 11.8 Å². The van der Waals surface area contributed by atoms with Crippen LogP contribution in [0, 0.1) is 0 Å². The third-order valence-corrected chi connectivity index (χ3v) is 2.70. The molecule has 0 saturated carbocycles. The Morgan fingerprint density at radius 2 is 2.05 bits per heavy atom. The number of imide groups is 1. The highest BCUT2D eigenvalue weighted by atomic mass is 16.2. The smallest absolute Gasteiger partial charge is 0.251 e. The molecule has 1 aliphatic rings. The first-order valence-electron chi connectivity index (χ1n) is 6.18. The number of carbonyl (C=O) groups is 3. The zero-order valence-corrected chi connectivity index (χ0v) is 11.1. The minimum Gasteiger partial charge on any atom is -0.340 e. The van der Waals surface area contributed by atoms with Crippen LogP contribution in [0.5, 0.6) is 0 Å². The van der Waals surface area contributed by atoms with Crippen LogP contribution in [0.4, 0.5) is 0 Å². The molecular weight excluding hydrogens is 244 g/mol. The maximum Gasteiger partial charge on any atom is 0.251 e. The van der Waals surface area contributed by atoms with Gasteiger partial charge in [-0.3, -0.25) is 19.7 Å². The standard InChI is InChI=1S/C14H18N2O3/c1-3-5-6-7-10(4-2)13(18)15-11-8-9-12(17)16-14(11)19/h3-7,11H,8-9H2,1-2H3,(H,15,18)(H,16,17,19)/b5-3-,7-6-,10-4+. The number of hydrogen-bond acceptors (Lipinski definition) is 3.